The summed E-state index contributed by atoms with van der Waals surface area (Å²) in [5.74, 6) is -4.79. The number of ketones is 2. The van der Waals surface area contributed by atoms with Crippen molar-refractivity contribution in [3.05, 3.63) is 28.7 Å². The molecule has 1 aromatic carbocycles. The minimum atomic E-state index is -1.49. The molecule has 6 heteroatoms. The zero-order valence-electron chi connectivity index (χ0n) is 9.34. The highest BCUT2D eigenvalue weighted by atomic mass is 79.9. The Hall–Kier alpha value is -1.82. The fourth-order valence-corrected chi connectivity index (χ4v) is 2.03. The normalized spacial score (nSPS) is 19.6. The lowest BCUT2D eigenvalue weighted by molar-refractivity contribution is -0.139. The van der Waals surface area contributed by atoms with Crippen molar-refractivity contribution in [2.45, 2.75) is 6.92 Å². The minimum absolute atomic E-state index is 0.283. The van der Waals surface area contributed by atoms with E-state index in [9.17, 15) is 19.2 Å². The van der Waals surface area contributed by atoms with Gasteiger partial charge in [-0.1, -0.05) is 15.9 Å². The van der Waals surface area contributed by atoms with Gasteiger partial charge in [-0.2, -0.15) is 0 Å². The molecule has 1 aliphatic rings. The number of carbonyl (C=O) groups is 4. The van der Waals surface area contributed by atoms with Gasteiger partial charge < -0.3 is 0 Å². The van der Waals surface area contributed by atoms with Gasteiger partial charge in [-0.3, -0.25) is 19.2 Å². The molecule has 92 valence electrons. The Morgan fingerprint density at radius 1 is 1.17 bits per heavy atom. The van der Waals surface area contributed by atoms with Crippen LogP contribution in [0.5, 0.6) is 0 Å². The first kappa shape index (κ1) is 12.6. The second-order valence-corrected chi connectivity index (χ2v) is 4.78. The molecule has 2 rings (SSSR count). The molecule has 0 aliphatic carbocycles. The molecule has 1 heterocycles. The maximum atomic E-state index is 11.9. The number of benzene rings is 1. The van der Waals surface area contributed by atoms with Crippen molar-refractivity contribution in [2.75, 3.05) is 4.90 Å². The summed E-state index contributed by atoms with van der Waals surface area (Å²) in [4.78, 5) is 47.1. The SMILES string of the molecule is CC(=O)[C@H]1C(=O)C(=O)N(c2ccc(Br)cc2)C1=O. The third-order valence-electron chi connectivity index (χ3n) is 2.63. The second-order valence-electron chi connectivity index (χ2n) is 3.86. The number of imide groups is 1. The number of nitrogens with zero attached hydrogens (tertiary/aromatic N) is 1. The molecule has 1 saturated heterocycles. The van der Waals surface area contributed by atoms with E-state index in [2.05, 4.69) is 15.9 Å². The number of rotatable bonds is 2. The van der Waals surface area contributed by atoms with E-state index in [1.54, 1.807) is 12.1 Å². The number of carbonyl (C=O) groups excluding carboxylic acids is 4. The molecule has 0 saturated carbocycles. The molecule has 0 spiro atoms. The van der Waals surface area contributed by atoms with Crippen LogP contribution in [0.4, 0.5) is 5.69 Å². The molecule has 1 aromatic rings. The van der Waals surface area contributed by atoms with Gasteiger partial charge in [0.25, 0.3) is 5.91 Å². The third kappa shape index (κ3) is 1.88. The molecule has 18 heavy (non-hydrogen) atoms. The van der Waals surface area contributed by atoms with Crippen LogP contribution < -0.4 is 4.90 Å². The van der Waals surface area contributed by atoms with Crippen LogP contribution in [0.15, 0.2) is 28.7 Å². The molecule has 1 aliphatic heterocycles. The quantitative estimate of drug-likeness (QED) is 0.466. The lowest BCUT2D eigenvalue weighted by atomic mass is 10.0. The highest BCUT2D eigenvalue weighted by Crippen LogP contribution is 2.26. The smallest absolute Gasteiger partial charge is 0.299 e. The average molecular weight is 310 g/mol. The molecular weight excluding hydrogens is 302 g/mol. The van der Waals surface area contributed by atoms with Gasteiger partial charge in [0.15, 0.2) is 5.92 Å². The first-order valence-corrected chi connectivity index (χ1v) is 5.91. The van der Waals surface area contributed by atoms with E-state index in [0.29, 0.717) is 0 Å². The lowest BCUT2D eigenvalue weighted by Gasteiger charge is -2.13. The van der Waals surface area contributed by atoms with Crippen molar-refractivity contribution in [3.63, 3.8) is 0 Å². The summed E-state index contributed by atoms with van der Waals surface area (Å²) < 4.78 is 0.778. The van der Waals surface area contributed by atoms with Gasteiger partial charge in [0.2, 0.25) is 5.78 Å². The predicted molar refractivity (Wildman–Crippen MR) is 65.8 cm³/mol. The summed E-state index contributed by atoms with van der Waals surface area (Å²) in [6.07, 6.45) is 0. The van der Waals surface area contributed by atoms with Gasteiger partial charge in [0.1, 0.15) is 5.78 Å². The van der Waals surface area contributed by atoms with Crippen LogP contribution in [0, 0.1) is 5.92 Å². The van der Waals surface area contributed by atoms with Crippen molar-refractivity contribution in [1.82, 2.24) is 0 Å². The minimum Gasteiger partial charge on any atom is -0.299 e. The van der Waals surface area contributed by atoms with E-state index in [1.165, 1.54) is 12.1 Å². The Morgan fingerprint density at radius 3 is 2.17 bits per heavy atom. The number of hydrogen-bond donors (Lipinski definition) is 0. The highest BCUT2D eigenvalue weighted by Gasteiger charge is 2.49. The van der Waals surface area contributed by atoms with Crippen molar-refractivity contribution in [2.24, 2.45) is 5.92 Å². The van der Waals surface area contributed by atoms with Crippen LogP contribution in [0.3, 0.4) is 0 Å². The first-order valence-electron chi connectivity index (χ1n) is 5.11. The summed E-state index contributed by atoms with van der Waals surface area (Å²) in [5, 5.41) is 0. The highest BCUT2D eigenvalue weighted by molar-refractivity contribution is 9.10. The summed E-state index contributed by atoms with van der Waals surface area (Å²) in [5.41, 5.74) is 0.283. The van der Waals surface area contributed by atoms with Crippen LogP contribution in [0.1, 0.15) is 6.92 Å². The Balaban J connectivity index is 2.43. The van der Waals surface area contributed by atoms with E-state index < -0.39 is 29.3 Å². The molecule has 1 fully saturated rings. The summed E-state index contributed by atoms with van der Waals surface area (Å²) >= 11 is 3.22. The van der Waals surface area contributed by atoms with Crippen LogP contribution >= 0.6 is 15.9 Å². The molecule has 1 atom stereocenters. The van der Waals surface area contributed by atoms with Crippen LogP contribution in [-0.2, 0) is 19.2 Å². The number of halogens is 1. The van der Waals surface area contributed by atoms with E-state index in [4.69, 9.17) is 0 Å². The van der Waals surface area contributed by atoms with Crippen molar-refractivity contribution in [3.8, 4) is 0 Å². The maximum absolute atomic E-state index is 11.9. The van der Waals surface area contributed by atoms with Gasteiger partial charge in [-0.25, -0.2) is 4.90 Å². The predicted octanol–water partition coefficient (Wildman–Crippen LogP) is 1.10. The Kier molecular flexibility index (Phi) is 3.13. The third-order valence-corrected chi connectivity index (χ3v) is 3.16. The van der Waals surface area contributed by atoms with Crippen molar-refractivity contribution >= 4 is 45.0 Å². The molecule has 2 amide bonds. The van der Waals surface area contributed by atoms with Gasteiger partial charge in [0.05, 0.1) is 5.69 Å². The molecule has 0 bridgehead atoms. The van der Waals surface area contributed by atoms with Gasteiger partial charge in [-0.05, 0) is 31.2 Å². The number of anilines is 1. The molecule has 0 radical (unpaired) electrons. The standard InChI is InChI=1S/C12H8BrNO4/c1-6(15)9-10(16)12(18)14(11(9)17)8-4-2-7(13)3-5-8/h2-5,9H,1H3/t9-/m0/s1. The molecule has 0 aromatic heterocycles. The topological polar surface area (TPSA) is 71.5 Å². The van der Waals surface area contributed by atoms with Gasteiger partial charge in [-0.15, -0.1) is 0 Å². The number of amides is 2. The molecular formula is C12H8BrNO4. The number of hydrogen-bond acceptors (Lipinski definition) is 4. The Morgan fingerprint density at radius 2 is 1.72 bits per heavy atom. The maximum Gasteiger partial charge on any atom is 0.302 e. The monoisotopic (exact) mass is 309 g/mol. The zero-order valence-corrected chi connectivity index (χ0v) is 10.9. The zero-order chi connectivity index (χ0) is 13.4. The van der Waals surface area contributed by atoms with Gasteiger partial charge in [0, 0.05) is 4.47 Å². The van der Waals surface area contributed by atoms with Gasteiger partial charge >= 0.3 is 5.91 Å². The fourth-order valence-electron chi connectivity index (χ4n) is 1.77. The van der Waals surface area contributed by atoms with Crippen LogP contribution in [-0.4, -0.2) is 23.4 Å². The van der Waals surface area contributed by atoms with E-state index in [-0.39, 0.29) is 5.69 Å². The first-order chi connectivity index (χ1) is 8.43. The molecule has 0 unspecified atom stereocenters. The van der Waals surface area contributed by atoms with Crippen LogP contribution in [0.25, 0.3) is 0 Å². The van der Waals surface area contributed by atoms with E-state index in [1.807, 2.05) is 0 Å². The summed E-state index contributed by atoms with van der Waals surface area (Å²) in [6.45, 7) is 1.12. The summed E-state index contributed by atoms with van der Waals surface area (Å²) in [6, 6.07) is 6.33. The van der Waals surface area contributed by atoms with E-state index in [0.717, 1.165) is 16.3 Å². The molecule has 5 nitrogen and oxygen atoms in total. The van der Waals surface area contributed by atoms with E-state index >= 15 is 0 Å². The Bertz CT molecular complexity index is 564. The van der Waals surface area contributed by atoms with Crippen molar-refractivity contribution in [1.29, 1.82) is 0 Å². The van der Waals surface area contributed by atoms with Crippen molar-refractivity contribution < 1.29 is 19.2 Å². The average Bonchev–Trinajstić information content (AvgIpc) is 2.52. The Labute approximate surface area is 111 Å². The lowest BCUT2D eigenvalue weighted by Crippen LogP contribution is -2.31. The largest absolute Gasteiger partial charge is 0.302 e. The fraction of sp³-hybridized carbons (Fsp3) is 0.167. The molecule has 0 N–H and O–H groups in total. The van der Waals surface area contributed by atoms with Crippen LogP contribution in [0.2, 0.25) is 0 Å². The summed E-state index contributed by atoms with van der Waals surface area (Å²) in [7, 11) is 0. The number of Topliss-reactive ketones (excluding diaryl/α,β-unsaturated/α-hetero) is 2. The second kappa shape index (κ2) is 4.45.